The molecule has 0 N–H and O–H groups in total. The number of anilines is 4. The van der Waals surface area contributed by atoms with Gasteiger partial charge in [-0.2, -0.15) is 5.10 Å². The fraction of sp³-hybridized carbons (Fsp3) is 0.0385. The Labute approximate surface area is 181 Å². The number of hydrazone groups is 1. The summed E-state index contributed by atoms with van der Waals surface area (Å²) >= 11 is 1.81. The van der Waals surface area contributed by atoms with Crippen LogP contribution in [-0.2, 0) is 0 Å². The minimum Gasteiger partial charge on any atom is -0.343 e. The summed E-state index contributed by atoms with van der Waals surface area (Å²) in [6, 6.07) is 35.5. The highest BCUT2D eigenvalue weighted by molar-refractivity contribution is 7.99. The van der Waals surface area contributed by atoms with Crippen molar-refractivity contribution in [1.29, 1.82) is 0 Å². The van der Waals surface area contributed by atoms with E-state index in [2.05, 4.69) is 78.7 Å². The molecule has 1 aliphatic heterocycles. The van der Waals surface area contributed by atoms with Gasteiger partial charge in [0.15, 0.2) is 0 Å². The minimum atomic E-state index is 1.03. The highest BCUT2D eigenvalue weighted by atomic mass is 32.2. The number of benzene rings is 4. The van der Waals surface area contributed by atoms with Crippen molar-refractivity contribution in [2.75, 3.05) is 17.0 Å². The largest absolute Gasteiger partial charge is 0.343 e. The van der Waals surface area contributed by atoms with Crippen LogP contribution in [0.1, 0.15) is 5.56 Å². The van der Waals surface area contributed by atoms with Crippen molar-refractivity contribution < 1.29 is 0 Å². The summed E-state index contributed by atoms with van der Waals surface area (Å²) in [6.07, 6.45) is 1.93. The van der Waals surface area contributed by atoms with Gasteiger partial charge in [0.05, 0.1) is 29.0 Å². The first-order chi connectivity index (χ1) is 14.8. The van der Waals surface area contributed by atoms with Crippen LogP contribution in [0.15, 0.2) is 118 Å². The summed E-state index contributed by atoms with van der Waals surface area (Å²) in [4.78, 5) is 4.77. The van der Waals surface area contributed by atoms with Crippen LogP contribution in [-0.4, -0.2) is 13.3 Å². The summed E-state index contributed by atoms with van der Waals surface area (Å²) in [5.74, 6) is 0. The molecule has 0 aromatic heterocycles. The van der Waals surface area contributed by atoms with Crippen molar-refractivity contribution >= 4 is 40.7 Å². The van der Waals surface area contributed by atoms with E-state index in [0.29, 0.717) is 0 Å². The lowest BCUT2D eigenvalue weighted by molar-refractivity contribution is 1.09. The third-order valence-electron chi connectivity index (χ3n) is 5.12. The van der Waals surface area contributed by atoms with E-state index >= 15 is 0 Å². The monoisotopic (exact) mass is 407 g/mol. The van der Waals surface area contributed by atoms with Crippen molar-refractivity contribution in [3.8, 4) is 0 Å². The second-order valence-electron chi connectivity index (χ2n) is 7.08. The van der Waals surface area contributed by atoms with Crippen LogP contribution in [0.4, 0.5) is 22.7 Å². The van der Waals surface area contributed by atoms with Gasteiger partial charge in [-0.15, -0.1) is 0 Å². The van der Waals surface area contributed by atoms with Gasteiger partial charge in [0.1, 0.15) is 0 Å². The van der Waals surface area contributed by atoms with Gasteiger partial charge in [0.25, 0.3) is 0 Å². The number of rotatable bonds is 4. The normalized spacial score (nSPS) is 12.5. The molecule has 1 aliphatic rings. The Morgan fingerprint density at radius 1 is 0.700 bits per heavy atom. The molecule has 0 spiro atoms. The third-order valence-corrected chi connectivity index (χ3v) is 6.23. The van der Waals surface area contributed by atoms with E-state index in [1.807, 2.05) is 59.4 Å². The predicted octanol–water partition coefficient (Wildman–Crippen LogP) is 7.09. The van der Waals surface area contributed by atoms with Crippen LogP contribution >= 0.6 is 11.8 Å². The van der Waals surface area contributed by atoms with Gasteiger partial charge in [-0.05, 0) is 54.1 Å². The molecule has 146 valence electrons. The zero-order valence-corrected chi connectivity index (χ0v) is 17.5. The Hall–Kier alpha value is -3.50. The molecule has 0 saturated heterocycles. The lowest BCUT2D eigenvalue weighted by Gasteiger charge is -2.29. The van der Waals surface area contributed by atoms with Crippen molar-refractivity contribution in [2.24, 2.45) is 5.10 Å². The Kier molecular flexibility index (Phi) is 4.99. The van der Waals surface area contributed by atoms with E-state index in [9.17, 15) is 0 Å². The highest BCUT2D eigenvalue weighted by Crippen LogP contribution is 2.47. The van der Waals surface area contributed by atoms with E-state index in [0.717, 1.165) is 16.9 Å². The Morgan fingerprint density at radius 3 is 2.00 bits per heavy atom. The standard InChI is InChI=1S/C26H21N3S/c1-28-23-14-8-9-15-25(23)30-26-18-20(16-17-24(26)28)19-27-29(21-10-4-2-5-11-21)22-12-6-3-7-13-22/h2-19H,1H3. The van der Waals surface area contributed by atoms with Crippen LogP contribution in [0.25, 0.3) is 0 Å². The van der Waals surface area contributed by atoms with Crippen LogP contribution in [0.3, 0.4) is 0 Å². The predicted molar refractivity (Wildman–Crippen MR) is 128 cm³/mol. The quantitative estimate of drug-likeness (QED) is 0.266. The average Bonchev–Trinajstić information content (AvgIpc) is 2.81. The van der Waals surface area contributed by atoms with E-state index < -0.39 is 0 Å². The van der Waals surface area contributed by atoms with Crippen molar-refractivity contribution in [3.05, 3.63) is 109 Å². The van der Waals surface area contributed by atoms with Gasteiger partial charge in [-0.3, -0.25) is 0 Å². The molecule has 0 amide bonds. The van der Waals surface area contributed by atoms with Gasteiger partial charge in [0, 0.05) is 16.8 Å². The molecule has 0 bridgehead atoms. The minimum absolute atomic E-state index is 1.03. The average molecular weight is 408 g/mol. The topological polar surface area (TPSA) is 18.8 Å². The number of para-hydroxylation sites is 3. The zero-order chi connectivity index (χ0) is 20.3. The van der Waals surface area contributed by atoms with Crippen LogP contribution in [0, 0.1) is 0 Å². The molecule has 0 atom stereocenters. The fourth-order valence-electron chi connectivity index (χ4n) is 3.58. The molecule has 4 heteroatoms. The summed E-state index contributed by atoms with van der Waals surface area (Å²) < 4.78 is 0. The molecule has 30 heavy (non-hydrogen) atoms. The lowest BCUT2D eigenvalue weighted by Crippen LogP contribution is -2.14. The molecule has 0 unspecified atom stereocenters. The molecule has 0 saturated carbocycles. The summed E-state index contributed by atoms with van der Waals surface area (Å²) in [7, 11) is 2.12. The molecule has 0 radical (unpaired) electrons. The van der Waals surface area contributed by atoms with E-state index in [1.54, 1.807) is 0 Å². The molecule has 4 aromatic carbocycles. The molecule has 0 aliphatic carbocycles. The van der Waals surface area contributed by atoms with Crippen molar-refractivity contribution in [1.82, 2.24) is 0 Å². The van der Waals surface area contributed by atoms with Crippen LogP contribution in [0.5, 0.6) is 0 Å². The van der Waals surface area contributed by atoms with Crippen molar-refractivity contribution in [2.45, 2.75) is 9.79 Å². The molecule has 3 nitrogen and oxygen atoms in total. The van der Waals surface area contributed by atoms with Gasteiger partial charge in [-0.25, -0.2) is 5.01 Å². The van der Waals surface area contributed by atoms with Crippen LogP contribution < -0.4 is 9.91 Å². The van der Waals surface area contributed by atoms with E-state index in [1.165, 1.54) is 21.2 Å². The number of fused-ring (bicyclic) bond motifs is 2. The molecular formula is C26H21N3S. The number of nitrogens with zero attached hydrogens (tertiary/aromatic N) is 3. The smallest absolute Gasteiger partial charge is 0.0652 e. The number of hydrogen-bond donors (Lipinski definition) is 0. The molecular weight excluding hydrogens is 386 g/mol. The van der Waals surface area contributed by atoms with Gasteiger partial charge in [-0.1, -0.05) is 66.4 Å². The second-order valence-corrected chi connectivity index (χ2v) is 8.17. The molecule has 4 aromatic rings. The first-order valence-corrected chi connectivity index (χ1v) is 10.7. The van der Waals surface area contributed by atoms with Gasteiger partial charge in [0.2, 0.25) is 0 Å². The Balaban J connectivity index is 1.48. The van der Waals surface area contributed by atoms with Crippen molar-refractivity contribution in [3.63, 3.8) is 0 Å². The maximum absolute atomic E-state index is 4.83. The number of hydrogen-bond acceptors (Lipinski definition) is 4. The van der Waals surface area contributed by atoms with Gasteiger partial charge >= 0.3 is 0 Å². The summed E-state index contributed by atoms with van der Waals surface area (Å²) in [6.45, 7) is 0. The van der Waals surface area contributed by atoms with Crippen LogP contribution in [0.2, 0.25) is 0 Å². The third kappa shape index (κ3) is 3.58. The SMILES string of the molecule is CN1c2ccccc2Sc2cc(C=NN(c3ccccc3)c3ccccc3)ccc21. The highest BCUT2D eigenvalue weighted by Gasteiger charge is 2.20. The summed E-state index contributed by atoms with van der Waals surface area (Å²) in [5.41, 5.74) is 5.60. The first-order valence-electron chi connectivity index (χ1n) is 9.88. The lowest BCUT2D eigenvalue weighted by atomic mass is 10.2. The molecule has 0 fully saturated rings. The molecule has 5 rings (SSSR count). The van der Waals surface area contributed by atoms with Gasteiger partial charge < -0.3 is 4.90 Å². The zero-order valence-electron chi connectivity index (χ0n) is 16.6. The second kappa shape index (κ2) is 8.09. The first kappa shape index (κ1) is 18.5. The maximum atomic E-state index is 4.83. The molecule has 1 heterocycles. The van der Waals surface area contributed by atoms with E-state index in [4.69, 9.17) is 5.10 Å². The Morgan fingerprint density at radius 2 is 1.30 bits per heavy atom. The Bertz CT molecular complexity index is 1150. The van der Waals surface area contributed by atoms with E-state index in [-0.39, 0.29) is 0 Å². The summed E-state index contributed by atoms with van der Waals surface area (Å²) in [5, 5.41) is 6.80. The maximum Gasteiger partial charge on any atom is 0.0652 e. The fourth-order valence-corrected chi connectivity index (χ4v) is 4.78.